The van der Waals surface area contributed by atoms with Gasteiger partial charge in [-0.1, -0.05) is 56.0 Å². The molecule has 1 nitrogen and oxygen atoms in total. The molecule has 1 N–H and O–H groups in total. The number of rotatable bonds is 5. The zero-order chi connectivity index (χ0) is 14.5. The normalized spacial score (nSPS) is 28.6. The van der Waals surface area contributed by atoms with Gasteiger partial charge in [-0.25, -0.2) is 0 Å². The van der Waals surface area contributed by atoms with Gasteiger partial charge in [0.15, 0.2) is 0 Å². The van der Waals surface area contributed by atoms with Crippen LogP contribution in [-0.2, 0) is 0 Å². The van der Waals surface area contributed by atoms with Crippen LogP contribution in [0.2, 0.25) is 0 Å². The highest BCUT2D eigenvalue weighted by Crippen LogP contribution is 2.37. The van der Waals surface area contributed by atoms with E-state index in [0.717, 1.165) is 11.2 Å². The van der Waals surface area contributed by atoms with Gasteiger partial charge in [0.1, 0.15) is 0 Å². The highest BCUT2D eigenvalue weighted by molar-refractivity contribution is 7.99. The maximum absolute atomic E-state index is 4.08. The first-order chi connectivity index (χ1) is 10.4. The summed E-state index contributed by atoms with van der Waals surface area (Å²) in [6, 6.07) is 12.5. The van der Waals surface area contributed by atoms with E-state index in [-0.39, 0.29) is 0 Å². The first kappa shape index (κ1) is 15.4. The predicted octanol–water partition coefficient (Wildman–Crippen LogP) is 5.18. The molecule has 0 amide bonds. The largest absolute Gasteiger partial charge is 0.306 e. The Kier molecular flexibility index (Phi) is 5.65. The summed E-state index contributed by atoms with van der Waals surface area (Å²) in [5.41, 5.74) is 1.51. The van der Waals surface area contributed by atoms with Gasteiger partial charge in [0.25, 0.3) is 0 Å². The van der Waals surface area contributed by atoms with Gasteiger partial charge in [0, 0.05) is 17.3 Å². The van der Waals surface area contributed by atoms with Crippen molar-refractivity contribution >= 4 is 11.8 Å². The van der Waals surface area contributed by atoms with Gasteiger partial charge in [0.05, 0.1) is 0 Å². The molecule has 0 radical (unpaired) electrons. The van der Waals surface area contributed by atoms with Crippen molar-refractivity contribution in [2.75, 3.05) is 6.26 Å². The third-order valence-corrected chi connectivity index (χ3v) is 6.60. The van der Waals surface area contributed by atoms with E-state index >= 15 is 0 Å². The Morgan fingerprint density at radius 2 is 1.71 bits per heavy atom. The molecule has 3 atom stereocenters. The van der Waals surface area contributed by atoms with E-state index in [1.807, 2.05) is 0 Å². The van der Waals surface area contributed by atoms with Gasteiger partial charge in [-0.15, -0.1) is 0 Å². The molecule has 0 bridgehead atoms. The van der Waals surface area contributed by atoms with Crippen molar-refractivity contribution in [3.8, 4) is 0 Å². The molecule has 0 aromatic heterocycles. The molecule has 2 aliphatic rings. The molecule has 0 heterocycles. The van der Waals surface area contributed by atoms with Gasteiger partial charge in [-0.2, -0.15) is 11.8 Å². The molecule has 21 heavy (non-hydrogen) atoms. The molecule has 116 valence electrons. The van der Waals surface area contributed by atoms with E-state index in [2.05, 4.69) is 53.7 Å². The zero-order valence-electron chi connectivity index (χ0n) is 13.3. The molecule has 2 fully saturated rings. The number of thioether (sulfide) groups is 1. The van der Waals surface area contributed by atoms with Crippen LogP contribution in [0.15, 0.2) is 30.3 Å². The zero-order valence-corrected chi connectivity index (χ0v) is 14.1. The van der Waals surface area contributed by atoms with E-state index in [4.69, 9.17) is 0 Å². The SMILES string of the molecule is CSC1CCCC1NC(c1ccccc1)C1CCCCC1. The van der Waals surface area contributed by atoms with Crippen LogP contribution in [-0.4, -0.2) is 17.5 Å². The van der Waals surface area contributed by atoms with E-state index in [1.54, 1.807) is 0 Å². The highest BCUT2D eigenvalue weighted by atomic mass is 32.2. The smallest absolute Gasteiger partial charge is 0.0351 e. The summed E-state index contributed by atoms with van der Waals surface area (Å²) in [5.74, 6) is 0.837. The molecular weight excluding hydrogens is 274 g/mol. The van der Waals surface area contributed by atoms with Gasteiger partial charge < -0.3 is 5.32 Å². The van der Waals surface area contributed by atoms with Crippen LogP contribution in [0.4, 0.5) is 0 Å². The van der Waals surface area contributed by atoms with Crippen LogP contribution in [0.25, 0.3) is 0 Å². The van der Waals surface area contributed by atoms with Crippen LogP contribution >= 0.6 is 11.8 Å². The molecule has 0 aliphatic heterocycles. The van der Waals surface area contributed by atoms with Crippen molar-refractivity contribution in [3.63, 3.8) is 0 Å². The summed E-state index contributed by atoms with van der Waals surface area (Å²) in [5, 5.41) is 4.90. The molecule has 2 saturated carbocycles. The maximum atomic E-state index is 4.08. The van der Waals surface area contributed by atoms with Gasteiger partial charge in [-0.3, -0.25) is 0 Å². The topological polar surface area (TPSA) is 12.0 Å². The molecule has 1 aromatic carbocycles. The Hall–Kier alpha value is -0.470. The molecular formula is C19H29NS. The first-order valence-corrected chi connectivity index (χ1v) is 10.0. The lowest BCUT2D eigenvalue weighted by Crippen LogP contribution is -2.40. The molecule has 2 heteroatoms. The number of hydrogen-bond donors (Lipinski definition) is 1. The van der Waals surface area contributed by atoms with E-state index in [9.17, 15) is 0 Å². The Morgan fingerprint density at radius 3 is 2.43 bits per heavy atom. The van der Waals surface area contributed by atoms with Crippen LogP contribution in [0.1, 0.15) is 63.0 Å². The number of benzene rings is 1. The van der Waals surface area contributed by atoms with Gasteiger partial charge >= 0.3 is 0 Å². The van der Waals surface area contributed by atoms with Crippen molar-refractivity contribution in [2.45, 2.75) is 68.7 Å². The Morgan fingerprint density at radius 1 is 0.952 bits per heavy atom. The third kappa shape index (κ3) is 3.84. The maximum Gasteiger partial charge on any atom is 0.0351 e. The second kappa shape index (κ2) is 7.69. The fourth-order valence-corrected chi connectivity index (χ4v) is 5.21. The van der Waals surface area contributed by atoms with Gasteiger partial charge in [-0.05, 0) is 43.4 Å². The summed E-state index contributed by atoms with van der Waals surface area (Å²) in [6.07, 6.45) is 13.5. The minimum atomic E-state index is 0.573. The highest BCUT2D eigenvalue weighted by Gasteiger charge is 2.32. The van der Waals surface area contributed by atoms with Gasteiger partial charge in [0.2, 0.25) is 0 Å². The molecule has 0 spiro atoms. The van der Waals surface area contributed by atoms with Crippen molar-refractivity contribution in [3.05, 3.63) is 35.9 Å². The summed E-state index contributed by atoms with van der Waals surface area (Å²) >= 11 is 2.06. The van der Waals surface area contributed by atoms with Crippen molar-refractivity contribution in [1.82, 2.24) is 5.32 Å². The summed E-state index contributed by atoms with van der Waals surface area (Å²) < 4.78 is 0. The summed E-state index contributed by atoms with van der Waals surface area (Å²) in [7, 11) is 0. The van der Waals surface area contributed by atoms with Crippen LogP contribution < -0.4 is 5.32 Å². The van der Waals surface area contributed by atoms with Crippen molar-refractivity contribution in [1.29, 1.82) is 0 Å². The quantitative estimate of drug-likeness (QED) is 0.804. The average Bonchev–Trinajstić information content (AvgIpc) is 3.01. The lowest BCUT2D eigenvalue weighted by Gasteiger charge is -2.35. The second-order valence-electron chi connectivity index (χ2n) is 6.76. The van der Waals surface area contributed by atoms with E-state index in [0.29, 0.717) is 12.1 Å². The fourth-order valence-electron chi connectivity index (χ4n) is 4.26. The van der Waals surface area contributed by atoms with Crippen LogP contribution in [0, 0.1) is 5.92 Å². The fraction of sp³-hybridized carbons (Fsp3) is 0.684. The second-order valence-corrected chi connectivity index (χ2v) is 7.84. The third-order valence-electron chi connectivity index (χ3n) is 5.43. The lowest BCUT2D eigenvalue weighted by atomic mass is 9.80. The first-order valence-electron chi connectivity index (χ1n) is 8.72. The minimum Gasteiger partial charge on any atom is -0.306 e. The van der Waals surface area contributed by atoms with Crippen molar-refractivity contribution in [2.24, 2.45) is 5.92 Å². The molecule has 2 aliphatic carbocycles. The molecule has 1 aromatic rings. The van der Waals surface area contributed by atoms with E-state index < -0.39 is 0 Å². The standard InChI is InChI=1S/C19H29NS/c1-21-18-14-8-13-17(18)20-19(15-9-4-2-5-10-15)16-11-6-3-7-12-16/h2,4-5,9-10,16-20H,3,6-8,11-14H2,1H3. The molecule has 3 unspecified atom stereocenters. The summed E-state index contributed by atoms with van der Waals surface area (Å²) in [6.45, 7) is 0. The van der Waals surface area contributed by atoms with E-state index in [1.165, 1.54) is 56.9 Å². The Labute approximate surface area is 134 Å². The lowest BCUT2D eigenvalue weighted by molar-refractivity contribution is 0.254. The molecule has 0 saturated heterocycles. The van der Waals surface area contributed by atoms with Crippen LogP contribution in [0.3, 0.4) is 0 Å². The minimum absolute atomic E-state index is 0.573. The van der Waals surface area contributed by atoms with Crippen molar-refractivity contribution < 1.29 is 0 Å². The Bertz CT molecular complexity index is 413. The Balaban J connectivity index is 1.75. The average molecular weight is 304 g/mol. The number of nitrogens with one attached hydrogen (secondary N) is 1. The molecule has 3 rings (SSSR count). The summed E-state index contributed by atoms with van der Waals surface area (Å²) in [4.78, 5) is 0. The monoisotopic (exact) mass is 303 g/mol. The predicted molar refractivity (Wildman–Crippen MR) is 93.8 cm³/mol. The van der Waals surface area contributed by atoms with Crippen LogP contribution in [0.5, 0.6) is 0 Å². The number of hydrogen-bond acceptors (Lipinski definition) is 2.